The van der Waals surface area contributed by atoms with E-state index >= 15 is 0 Å². The van der Waals surface area contributed by atoms with Crippen molar-refractivity contribution in [2.24, 2.45) is 0 Å². The third-order valence-corrected chi connectivity index (χ3v) is 4.03. The number of thiophene rings is 1. The highest BCUT2D eigenvalue weighted by Gasteiger charge is 2.23. The minimum Gasteiger partial charge on any atom is -0.394 e. The zero-order valence-corrected chi connectivity index (χ0v) is 11.7. The second kappa shape index (κ2) is 5.22. The third-order valence-electron chi connectivity index (χ3n) is 3.14. The number of rotatable bonds is 5. The van der Waals surface area contributed by atoms with E-state index in [1.165, 1.54) is 0 Å². The minimum absolute atomic E-state index is 0.110. The highest BCUT2D eigenvalue weighted by molar-refractivity contribution is 7.13. The molecule has 0 unspecified atom stereocenters. The lowest BCUT2D eigenvalue weighted by molar-refractivity contribution is 0.0717. The van der Waals surface area contributed by atoms with Gasteiger partial charge >= 0.3 is 0 Å². The van der Waals surface area contributed by atoms with E-state index in [9.17, 15) is 5.11 Å². The van der Waals surface area contributed by atoms with Gasteiger partial charge in [0.2, 0.25) is 0 Å². The fourth-order valence-corrected chi connectivity index (χ4v) is 2.17. The van der Waals surface area contributed by atoms with Crippen LogP contribution in [0.2, 0.25) is 0 Å². The van der Waals surface area contributed by atoms with Gasteiger partial charge in [0.15, 0.2) is 5.76 Å². The van der Waals surface area contributed by atoms with Crippen molar-refractivity contribution in [2.75, 3.05) is 13.7 Å². The lowest BCUT2D eigenvalue weighted by Gasteiger charge is -2.33. The summed E-state index contributed by atoms with van der Waals surface area (Å²) in [5.74, 6) is 0.801. The van der Waals surface area contributed by atoms with E-state index in [-0.39, 0.29) is 12.1 Å². The van der Waals surface area contributed by atoms with Crippen molar-refractivity contribution in [1.29, 1.82) is 0 Å². The summed E-state index contributed by atoms with van der Waals surface area (Å²) < 4.78 is 5.33. The van der Waals surface area contributed by atoms with Gasteiger partial charge in [-0.15, -0.1) is 11.3 Å². The topological polar surface area (TPSA) is 49.5 Å². The predicted molar refractivity (Wildman–Crippen MR) is 72.4 cm³/mol. The molecule has 2 rings (SSSR count). The molecule has 2 aromatic rings. The molecule has 0 spiro atoms. The summed E-state index contributed by atoms with van der Waals surface area (Å²) in [4.78, 5) is 3.14. The van der Waals surface area contributed by atoms with Crippen LogP contribution in [0.4, 0.5) is 0 Å². The Morgan fingerprint density at radius 3 is 2.89 bits per heavy atom. The van der Waals surface area contributed by atoms with E-state index < -0.39 is 0 Å². The minimum atomic E-state index is -0.262. The summed E-state index contributed by atoms with van der Waals surface area (Å²) in [6, 6.07) is 5.95. The number of hydrogen-bond acceptors (Lipinski definition) is 5. The first-order chi connectivity index (χ1) is 8.53. The Hall–Kier alpha value is -1.17. The number of nitrogens with zero attached hydrogens (tertiary/aromatic N) is 2. The van der Waals surface area contributed by atoms with Gasteiger partial charge in [-0.3, -0.25) is 4.90 Å². The molecule has 0 radical (unpaired) electrons. The Morgan fingerprint density at radius 1 is 1.50 bits per heavy atom. The van der Waals surface area contributed by atoms with Gasteiger partial charge in [-0.2, -0.15) is 0 Å². The van der Waals surface area contributed by atoms with E-state index in [0.717, 1.165) is 16.3 Å². The van der Waals surface area contributed by atoms with Crippen molar-refractivity contribution in [2.45, 2.75) is 25.9 Å². The molecule has 0 aliphatic heterocycles. The van der Waals surface area contributed by atoms with Crippen LogP contribution in [0, 0.1) is 0 Å². The summed E-state index contributed by atoms with van der Waals surface area (Å²) in [6.07, 6.45) is 0. The Labute approximate surface area is 111 Å². The number of likely N-dealkylation sites (N-methyl/N-ethyl adjacent to an activating group) is 1. The molecule has 0 saturated carbocycles. The van der Waals surface area contributed by atoms with Crippen molar-refractivity contribution in [3.8, 4) is 10.6 Å². The van der Waals surface area contributed by atoms with E-state index in [1.54, 1.807) is 11.3 Å². The molecule has 0 bridgehead atoms. The van der Waals surface area contributed by atoms with Crippen LogP contribution in [-0.4, -0.2) is 34.4 Å². The lowest BCUT2D eigenvalue weighted by atomic mass is 10.1. The maximum absolute atomic E-state index is 9.31. The Bertz CT molecular complexity index is 491. The third kappa shape index (κ3) is 2.80. The molecule has 0 saturated heterocycles. The monoisotopic (exact) mass is 266 g/mol. The Balaban J connectivity index is 2.08. The molecule has 2 heterocycles. The highest BCUT2D eigenvalue weighted by Crippen LogP contribution is 2.26. The fourth-order valence-electron chi connectivity index (χ4n) is 1.50. The van der Waals surface area contributed by atoms with Crippen molar-refractivity contribution in [3.05, 3.63) is 29.3 Å². The van der Waals surface area contributed by atoms with Gasteiger partial charge in [-0.1, -0.05) is 11.2 Å². The maximum Gasteiger partial charge on any atom is 0.177 e. The Morgan fingerprint density at radius 2 is 2.28 bits per heavy atom. The first-order valence-corrected chi connectivity index (χ1v) is 6.72. The maximum atomic E-state index is 9.31. The molecule has 0 fully saturated rings. The molecule has 98 valence electrons. The molecule has 18 heavy (non-hydrogen) atoms. The van der Waals surface area contributed by atoms with Crippen LogP contribution in [0.1, 0.15) is 19.5 Å². The van der Waals surface area contributed by atoms with Gasteiger partial charge in [-0.05, 0) is 32.3 Å². The van der Waals surface area contributed by atoms with Gasteiger partial charge in [0.1, 0.15) is 0 Å². The van der Waals surface area contributed by atoms with Crippen molar-refractivity contribution < 1.29 is 9.63 Å². The van der Waals surface area contributed by atoms with Crippen molar-refractivity contribution >= 4 is 11.3 Å². The van der Waals surface area contributed by atoms with Gasteiger partial charge in [-0.25, -0.2) is 0 Å². The average molecular weight is 266 g/mol. The molecule has 0 atom stereocenters. The van der Waals surface area contributed by atoms with E-state index in [1.807, 2.05) is 44.5 Å². The van der Waals surface area contributed by atoms with Crippen molar-refractivity contribution in [3.63, 3.8) is 0 Å². The lowest BCUT2D eigenvalue weighted by Crippen LogP contribution is -2.43. The van der Waals surface area contributed by atoms with Gasteiger partial charge in [0.25, 0.3) is 0 Å². The van der Waals surface area contributed by atoms with Crippen LogP contribution in [-0.2, 0) is 6.54 Å². The van der Waals surface area contributed by atoms with Crippen LogP contribution in [0.5, 0.6) is 0 Å². The second-order valence-corrected chi connectivity index (χ2v) is 5.93. The van der Waals surface area contributed by atoms with Gasteiger partial charge in [0, 0.05) is 18.2 Å². The number of hydrogen-bond donors (Lipinski definition) is 1. The normalized spacial score (nSPS) is 12.3. The zero-order valence-electron chi connectivity index (χ0n) is 10.9. The summed E-state index contributed by atoms with van der Waals surface area (Å²) in [5, 5.41) is 15.4. The zero-order chi connectivity index (χ0) is 13.2. The van der Waals surface area contributed by atoms with Crippen LogP contribution in [0.3, 0.4) is 0 Å². The smallest absolute Gasteiger partial charge is 0.177 e. The van der Waals surface area contributed by atoms with Gasteiger partial charge in [0.05, 0.1) is 17.2 Å². The van der Waals surface area contributed by atoms with E-state index in [2.05, 4.69) is 10.1 Å². The first-order valence-electron chi connectivity index (χ1n) is 5.84. The largest absolute Gasteiger partial charge is 0.394 e. The van der Waals surface area contributed by atoms with Gasteiger partial charge < -0.3 is 9.63 Å². The molecule has 2 aromatic heterocycles. The molecule has 0 aliphatic carbocycles. The predicted octanol–water partition coefficient (Wildman–Crippen LogP) is 2.61. The molecule has 5 heteroatoms. The van der Waals surface area contributed by atoms with E-state index in [0.29, 0.717) is 6.54 Å². The van der Waals surface area contributed by atoms with Crippen LogP contribution in [0.25, 0.3) is 10.6 Å². The molecular weight excluding hydrogens is 248 g/mol. The summed E-state index contributed by atoms with van der Waals surface area (Å²) in [7, 11) is 1.97. The number of aliphatic hydroxyl groups is 1. The molecule has 1 N–H and O–H groups in total. The first kappa shape index (κ1) is 13.3. The van der Waals surface area contributed by atoms with E-state index in [4.69, 9.17) is 4.52 Å². The second-order valence-electron chi connectivity index (χ2n) is 4.99. The Kier molecular flexibility index (Phi) is 3.85. The summed E-state index contributed by atoms with van der Waals surface area (Å²) in [5.41, 5.74) is 0.615. The molecule has 0 amide bonds. The number of aliphatic hydroxyl groups excluding tert-OH is 1. The van der Waals surface area contributed by atoms with Crippen LogP contribution < -0.4 is 0 Å². The fraction of sp³-hybridized carbons (Fsp3) is 0.462. The number of aromatic nitrogens is 1. The summed E-state index contributed by atoms with van der Waals surface area (Å²) in [6.45, 7) is 4.75. The quantitative estimate of drug-likeness (QED) is 0.903. The molecule has 4 nitrogen and oxygen atoms in total. The van der Waals surface area contributed by atoms with Crippen molar-refractivity contribution in [1.82, 2.24) is 10.1 Å². The standard InChI is InChI=1S/C13H18N2O2S/c1-13(2,9-16)15(3)8-10-7-11(17-14-10)12-5-4-6-18-12/h4-7,16H,8-9H2,1-3H3. The van der Waals surface area contributed by atoms with Crippen LogP contribution in [0.15, 0.2) is 28.1 Å². The van der Waals surface area contributed by atoms with Crippen LogP contribution >= 0.6 is 11.3 Å². The SMILES string of the molecule is CN(Cc1cc(-c2cccs2)on1)C(C)(C)CO. The summed E-state index contributed by atoms with van der Waals surface area (Å²) >= 11 is 1.63. The highest BCUT2D eigenvalue weighted by atomic mass is 32.1. The average Bonchev–Trinajstić information content (AvgIpc) is 2.98. The molecule has 0 aliphatic rings. The molecular formula is C13H18N2O2S. The molecule has 0 aromatic carbocycles.